The fourth-order valence-electron chi connectivity index (χ4n) is 19.3. The Labute approximate surface area is 660 Å². The summed E-state index contributed by atoms with van der Waals surface area (Å²) in [6.45, 7) is 6.37. The molecule has 530 valence electrons. The summed E-state index contributed by atoms with van der Waals surface area (Å²) in [5.74, 6) is 0. The molecule has 0 atom stereocenters. The Morgan fingerprint density at radius 3 is 0.920 bits per heavy atom. The molecule has 18 aromatic rings. The van der Waals surface area contributed by atoms with Gasteiger partial charge in [-0.1, -0.05) is 375 Å². The molecule has 0 saturated heterocycles. The van der Waals surface area contributed by atoms with E-state index in [-0.39, 0.29) is 6.71 Å². The van der Waals surface area contributed by atoms with E-state index in [1.54, 1.807) is 0 Å². The number of hydrogen-bond acceptors (Lipinski definition) is 2. The number of nitrogens with zero attached hydrogens (tertiary/aromatic N) is 3. The van der Waals surface area contributed by atoms with Crippen LogP contribution in [0, 0.1) is 20.8 Å². The molecule has 3 heterocycles. The molecule has 0 saturated carbocycles. The molecule has 2 aliphatic rings. The van der Waals surface area contributed by atoms with E-state index in [0.29, 0.717) is 0 Å². The minimum atomic E-state index is -3.19. The highest BCUT2D eigenvalue weighted by molar-refractivity contribution is 7.21. The van der Waals surface area contributed by atoms with Crippen LogP contribution in [-0.4, -0.2) is 35.5 Å². The van der Waals surface area contributed by atoms with Gasteiger partial charge in [0, 0.05) is 44.9 Å². The first kappa shape index (κ1) is 68.2. The van der Waals surface area contributed by atoms with Crippen molar-refractivity contribution < 1.29 is 0 Å². The molecule has 1 aromatic heterocycles. The second-order valence-electron chi connectivity index (χ2n) is 30.4. The first-order chi connectivity index (χ1) is 55.3. The Bertz CT molecular complexity index is 6160. The molecular formula is C105H80BN3Si3. The number of aryl methyl sites for hydroxylation is 3. The van der Waals surface area contributed by atoms with Crippen LogP contribution in [0.3, 0.4) is 0 Å². The zero-order valence-corrected chi connectivity index (χ0v) is 65.9. The maximum Gasteiger partial charge on any atom is 0.252 e. The van der Waals surface area contributed by atoms with Gasteiger partial charge in [-0.3, -0.25) is 0 Å². The van der Waals surface area contributed by atoms with E-state index in [1.807, 2.05) is 0 Å². The smallest absolute Gasteiger partial charge is 0.252 e. The van der Waals surface area contributed by atoms with Gasteiger partial charge in [-0.25, -0.2) is 0 Å². The van der Waals surface area contributed by atoms with Crippen LogP contribution in [-0.2, 0) is 0 Å². The predicted molar refractivity (Wildman–Crippen MR) is 485 cm³/mol. The van der Waals surface area contributed by atoms with Gasteiger partial charge in [-0.15, -0.1) is 0 Å². The van der Waals surface area contributed by atoms with Gasteiger partial charge in [0.05, 0.1) is 16.7 Å². The molecule has 20 rings (SSSR count). The second-order valence-corrected chi connectivity index (χ2v) is 41.9. The molecule has 7 heteroatoms. The fraction of sp³-hybridized carbons (Fsp3) is 0.0286. The Morgan fingerprint density at radius 2 is 0.518 bits per heavy atom. The number of hydrogen-bond donors (Lipinski definition) is 0. The first-order valence-corrected chi connectivity index (χ1v) is 45.1. The predicted octanol–water partition coefficient (Wildman–Crippen LogP) is 15.6. The van der Waals surface area contributed by atoms with Crippen molar-refractivity contribution in [1.29, 1.82) is 0 Å². The van der Waals surface area contributed by atoms with E-state index in [4.69, 9.17) is 0 Å². The summed E-state index contributed by atoms with van der Waals surface area (Å²) in [5, 5.41) is 18.4. The van der Waals surface area contributed by atoms with E-state index in [9.17, 15) is 0 Å². The lowest BCUT2D eigenvalue weighted by Gasteiger charge is -2.45. The lowest BCUT2D eigenvalue weighted by Crippen LogP contribution is -2.75. The van der Waals surface area contributed by atoms with Crippen molar-refractivity contribution in [1.82, 2.24) is 4.57 Å². The Morgan fingerprint density at radius 1 is 0.205 bits per heavy atom. The van der Waals surface area contributed by atoms with Gasteiger partial charge in [0.15, 0.2) is 24.2 Å². The van der Waals surface area contributed by atoms with E-state index >= 15 is 0 Å². The van der Waals surface area contributed by atoms with Gasteiger partial charge < -0.3 is 14.4 Å². The van der Waals surface area contributed by atoms with Crippen LogP contribution in [0.1, 0.15) is 16.7 Å². The van der Waals surface area contributed by atoms with Crippen LogP contribution in [0.5, 0.6) is 0 Å². The third-order valence-corrected chi connectivity index (χ3v) is 38.5. The molecule has 0 bridgehead atoms. The van der Waals surface area contributed by atoms with Crippen LogP contribution in [0.2, 0.25) is 0 Å². The quantitative estimate of drug-likeness (QED) is 0.0706. The summed E-state index contributed by atoms with van der Waals surface area (Å²) in [6.07, 6.45) is 0. The van der Waals surface area contributed by atoms with Crippen molar-refractivity contribution in [2.45, 2.75) is 20.8 Å². The topological polar surface area (TPSA) is 11.4 Å². The largest absolute Gasteiger partial charge is 0.311 e. The van der Waals surface area contributed by atoms with Gasteiger partial charge in [0.25, 0.3) is 6.71 Å². The van der Waals surface area contributed by atoms with E-state index < -0.39 is 24.2 Å². The molecule has 0 N–H and O–H groups in total. The molecule has 112 heavy (non-hydrogen) atoms. The maximum atomic E-state index is 2.69. The highest BCUT2D eigenvalue weighted by Gasteiger charge is 2.49. The van der Waals surface area contributed by atoms with E-state index in [0.717, 1.165) is 50.8 Å². The van der Waals surface area contributed by atoms with Crippen LogP contribution < -0.4 is 88.4 Å². The molecule has 0 unspecified atom stereocenters. The first-order valence-electron chi connectivity index (χ1n) is 39.1. The summed E-state index contributed by atoms with van der Waals surface area (Å²) in [7, 11) is -9.29. The molecular weight excluding hydrogens is 1400 g/mol. The number of anilines is 6. The van der Waals surface area contributed by atoms with Crippen LogP contribution >= 0.6 is 0 Å². The van der Waals surface area contributed by atoms with Gasteiger partial charge in [0.1, 0.15) is 0 Å². The van der Waals surface area contributed by atoms with Crippen molar-refractivity contribution in [2.75, 3.05) is 9.80 Å². The van der Waals surface area contributed by atoms with Gasteiger partial charge in [0.2, 0.25) is 0 Å². The second kappa shape index (κ2) is 28.1. The summed E-state index contributed by atoms with van der Waals surface area (Å²) in [4.78, 5) is 5.34. The van der Waals surface area contributed by atoms with Gasteiger partial charge >= 0.3 is 0 Å². The Balaban J connectivity index is 0.933. The lowest BCUT2D eigenvalue weighted by atomic mass is 9.33. The molecule has 0 spiro atoms. The summed E-state index contributed by atoms with van der Waals surface area (Å²) >= 11 is 0. The zero-order chi connectivity index (χ0) is 74.9. The standard InChI is InChI=1S/C105H80BN3Si3/c1-75-52-56-78(57-53-75)79-58-66-101-97(70-79)106-98-74-94(112(89-45-25-10-26-46-89,90-47-27-11-28-48-90)91-49-29-12-30-50-91)63-67-102(98)108(81-32-31-51-93(71-81)111(86-39-19-7-20-40-86,87-41-21-8-22-42-87)88-43-23-9-24-44-88)104-73-82(109-99-64-54-76(2)68-95(99)96-69-77(3)55-65-100(96)109)72-103(105(104)106)107(101)80-59-61-92(62-60-80)110(83-33-13-4-14-34-83,84-35-15-5-16-36-84)85-37-17-6-18-38-85/h4-74H,1-3H3. The van der Waals surface area contributed by atoms with Crippen LogP contribution in [0.15, 0.2) is 431 Å². The summed E-state index contributed by atoms with van der Waals surface area (Å²) in [6, 6.07) is 166. The normalized spacial score (nSPS) is 12.5. The van der Waals surface area contributed by atoms with Crippen LogP contribution in [0.25, 0.3) is 38.6 Å². The minimum Gasteiger partial charge on any atom is -0.311 e. The molecule has 2 aliphatic heterocycles. The number of benzene rings is 17. The molecule has 0 aliphatic carbocycles. The van der Waals surface area contributed by atoms with E-state index in [2.05, 4.69) is 466 Å². The molecule has 0 amide bonds. The molecule has 0 radical (unpaired) electrons. The monoisotopic (exact) mass is 1480 g/mol. The van der Waals surface area contributed by atoms with Crippen molar-refractivity contribution in [3.8, 4) is 16.8 Å². The van der Waals surface area contributed by atoms with Crippen molar-refractivity contribution in [3.05, 3.63) is 447 Å². The highest BCUT2D eigenvalue weighted by atomic mass is 28.3. The number of fused-ring (bicyclic) bond motifs is 7. The van der Waals surface area contributed by atoms with Crippen molar-refractivity contribution >= 4 is 165 Å². The average molecular weight is 1480 g/mol. The van der Waals surface area contributed by atoms with Crippen molar-refractivity contribution in [2.24, 2.45) is 0 Å². The summed E-state index contributed by atoms with van der Waals surface area (Å²) in [5.41, 5.74) is 19.9. The van der Waals surface area contributed by atoms with Crippen molar-refractivity contribution in [3.63, 3.8) is 0 Å². The summed E-state index contributed by atoms with van der Waals surface area (Å²) < 4.78 is 2.57. The van der Waals surface area contributed by atoms with Crippen LogP contribution in [0.4, 0.5) is 34.1 Å². The SMILES string of the molecule is Cc1ccc(-c2ccc3c(c2)B2c4cc([Si](c5ccccc5)(c5ccccc5)c5ccccc5)ccc4N(c4cccc([Si](c5ccccc5)(c5ccccc5)c5ccccc5)c4)c4cc(-n5c6ccc(C)cc6c6cc(C)ccc65)cc(c42)N3c2ccc([Si](c3ccccc3)(c3ccccc3)c3ccccc3)cc2)cc1. The third-order valence-electron chi connectivity index (χ3n) is 24.2. The van der Waals surface area contributed by atoms with E-state index in [1.165, 1.54) is 117 Å². The average Bonchev–Trinajstić information content (AvgIpc) is 0.825. The third kappa shape index (κ3) is 11.0. The number of rotatable bonds is 16. The lowest BCUT2D eigenvalue weighted by molar-refractivity contribution is 1.16. The molecule has 17 aromatic carbocycles. The Hall–Kier alpha value is -13.1. The van der Waals surface area contributed by atoms with Gasteiger partial charge in [-0.05, 0) is 183 Å². The fourth-order valence-corrected chi connectivity index (χ4v) is 33.6. The molecule has 3 nitrogen and oxygen atoms in total. The zero-order valence-electron chi connectivity index (χ0n) is 62.9. The number of aromatic nitrogens is 1. The highest BCUT2D eigenvalue weighted by Crippen LogP contribution is 2.47. The maximum absolute atomic E-state index is 3.19. The Kier molecular flexibility index (Phi) is 17.1. The molecule has 0 fully saturated rings. The minimum absolute atomic E-state index is 0.275. The van der Waals surface area contributed by atoms with Gasteiger partial charge in [-0.2, -0.15) is 0 Å².